The van der Waals surface area contributed by atoms with Crippen molar-refractivity contribution in [3.8, 4) is 17.2 Å². The second kappa shape index (κ2) is 9.62. The number of fused-ring (bicyclic) bond motifs is 1. The van der Waals surface area contributed by atoms with Crippen molar-refractivity contribution in [1.29, 1.82) is 0 Å². The summed E-state index contributed by atoms with van der Waals surface area (Å²) in [5, 5.41) is 5.93. The first-order valence-electron chi connectivity index (χ1n) is 10.4. The summed E-state index contributed by atoms with van der Waals surface area (Å²) in [4.78, 5) is 17.0. The fourth-order valence-electron chi connectivity index (χ4n) is 3.06. The molecular formula is C25H23N3O3S. The molecule has 0 bridgehead atoms. The quantitative estimate of drug-likeness (QED) is 0.365. The minimum atomic E-state index is -0.298. The third-order valence-corrected chi connectivity index (χ3v) is 5.12. The first-order valence-corrected chi connectivity index (χ1v) is 10.8. The summed E-state index contributed by atoms with van der Waals surface area (Å²) < 4.78 is 11.6. The van der Waals surface area contributed by atoms with Crippen molar-refractivity contribution in [2.75, 3.05) is 5.32 Å². The second-order valence-corrected chi connectivity index (χ2v) is 7.75. The van der Waals surface area contributed by atoms with Crippen LogP contribution in [-0.2, 0) is 0 Å². The van der Waals surface area contributed by atoms with Gasteiger partial charge in [0.25, 0.3) is 5.91 Å². The average molecular weight is 446 g/mol. The number of para-hydroxylation sites is 2. The Bertz CT molecular complexity index is 1220. The summed E-state index contributed by atoms with van der Waals surface area (Å²) in [6.45, 7) is 4.06. The van der Waals surface area contributed by atoms with Crippen LogP contribution in [0.3, 0.4) is 0 Å². The van der Waals surface area contributed by atoms with Crippen molar-refractivity contribution in [3.05, 3.63) is 78.4 Å². The fraction of sp³-hybridized carbons (Fsp3) is 0.160. The van der Waals surface area contributed by atoms with E-state index in [-0.39, 0.29) is 17.1 Å². The van der Waals surface area contributed by atoms with Gasteiger partial charge >= 0.3 is 0 Å². The molecule has 162 valence electrons. The highest BCUT2D eigenvalue weighted by atomic mass is 32.1. The molecule has 1 aromatic heterocycles. The largest absolute Gasteiger partial charge is 0.491 e. The molecule has 3 aromatic carbocycles. The topological polar surface area (TPSA) is 76.4 Å². The number of hydrogen-bond donors (Lipinski definition) is 2. The van der Waals surface area contributed by atoms with E-state index in [0.717, 1.165) is 28.8 Å². The number of rotatable bonds is 6. The van der Waals surface area contributed by atoms with Gasteiger partial charge in [-0.2, -0.15) is 0 Å². The van der Waals surface area contributed by atoms with Crippen LogP contribution in [0.15, 0.2) is 77.2 Å². The molecule has 1 amide bonds. The first kappa shape index (κ1) is 21.5. The lowest BCUT2D eigenvalue weighted by Crippen LogP contribution is -2.34. The lowest BCUT2D eigenvalue weighted by atomic mass is 10.2. The summed E-state index contributed by atoms with van der Waals surface area (Å²) in [6, 6.07) is 22.1. The molecule has 0 aliphatic heterocycles. The van der Waals surface area contributed by atoms with Crippen molar-refractivity contribution in [2.45, 2.75) is 26.4 Å². The Morgan fingerprint density at radius 1 is 1.09 bits per heavy atom. The Morgan fingerprint density at radius 2 is 1.88 bits per heavy atom. The van der Waals surface area contributed by atoms with Crippen molar-refractivity contribution in [2.24, 2.45) is 0 Å². The van der Waals surface area contributed by atoms with Gasteiger partial charge < -0.3 is 14.5 Å². The summed E-state index contributed by atoms with van der Waals surface area (Å²) in [5.74, 6) is 0.949. The number of carbonyl (C=O) groups excluding carboxylic acids is 1. The van der Waals surface area contributed by atoms with Crippen LogP contribution < -0.4 is 15.4 Å². The van der Waals surface area contributed by atoms with Gasteiger partial charge in [0, 0.05) is 16.8 Å². The maximum absolute atomic E-state index is 12.5. The predicted octanol–water partition coefficient (Wildman–Crippen LogP) is 5.80. The summed E-state index contributed by atoms with van der Waals surface area (Å²) in [7, 11) is 0. The molecule has 1 heterocycles. The lowest BCUT2D eigenvalue weighted by Gasteiger charge is -2.13. The van der Waals surface area contributed by atoms with Gasteiger partial charge in [-0.05, 0) is 80.2 Å². The third kappa shape index (κ3) is 5.12. The zero-order chi connectivity index (χ0) is 22.5. The zero-order valence-corrected chi connectivity index (χ0v) is 18.6. The SMILES string of the molecule is CC[C@H](C)Oc1ccc(C(=O)NC(=S)Nc2cccc(-c3nc4ccccc4o3)c2)cc1. The molecule has 4 aromatic rings. The summed E-state index contributed by atoms with van der Waals surface area (Å²) in [5.41, 5.74) is 3.53. The molecule has 0 spiro atoms. The van der Waals surface area contributed by atoms with Crippen LogP contribution in [0.2, 0.25) is 0 Å². The minimum absolute atomic E-state index is 0.122. The van der Waals surface area contributed by atoms with Crippen LogP contribution in [0, 0.1) is 0 Å². The molecule has 0 unspecified atom stereocenters. The molecule has 0 radical (unpaired) electrons. The molecule has 32 heavy (non-hydrogen) atoms. The highest BCUT2D eigenvalue weighted by molar-refractivity contribution is 7.80. The molecule has 0 saturated carbocycles. The number of benzene rings is 3. The number of carbonyl (C=O) groups is 1. The van der Waals surface area contributed by atoms with Crippen LogP contribution in [0.5, 0.6) is 5.75 Å². The number of thiocarbonyl (C=S) groups is 1. The van der Waals surface area contributed by atoms with Gasteiger partial charge in [0.2, 0.25) is 5.89 Å². The van der Waals surface area contributed by atoms with Crippen molar-refractivity contribution < 1.29 is 13.9 Å². The van der Waals surface area contributed by atoms with E-state index in [0.29, 0.717) is 17.1 Å². The van der Waals surface area contributed by atoms with Gasteiger partial charge in [0.15, 0.2) is 10.7 Å². The molecule has 0 fully saturated rings. The molecular weight excluding hydrogens is 422 g/mol. The average Bonchev–Trinajstić information content (AvgIpc) is 3.24. The Morgan fingerprint density at radius 3 is 2.62 bits per heavy atom. The van der Waals surface area contributed by atoms with Gasteiger partial charge in [-0.15, -0.1) is 0 Å². The number of anilines is 1. The normalized spacial score (nSPS) is 11.7. The van der Waals surface area contributed by atoms with Gasteiger partial charge in [-0.1, -0.05) is 25.1 Å². The first-order chi connectivity index (χ1) is 15.5. The summed E-state index contributed by atoms with van der Waals surface area (Å²) >= 11 is 5.32. The maximum Gasteiger partial charge on any atom is 0.257 e. The van der Waals surface area contributed by atoms with Crippen molar-refractivity contribution in [1.82, 2.24) is 10.3 Å². The molecule has 0 aliphatic carbocycles. The zero-order valence-electron chi connectivity index (χ0n) is 17.8. The number of hydrogen-bond acceptors (Lipinski definition) is 5. The monoisotopic (exact) mass is 445 g/mol. The third-order valence-electron chi connectivity index (χ3n) is 4.92. The number of oxazole rings is 1. The van der Waals surface area contributed by atoms with E-state index in [9.17, 15) is 4.79 Å². The van der Waals surface area contributed by atoms with E-state index >= 15 is 0 Å². The van der Waals surface area contributed by atoms with Gasteiger partial charge in [0.05, 0.1) is 6.10 Å². The van der Waals surface area contributed by atoms with E-state index in [1.165, 1.54) is 0 Å². The summed E-state index contributed by atoms with van der Waals surface area (Å²) in [6.07, 6.45) is 1.03. The lowest BCUT2D eigenvalue weighted by molar-refractivity contribution is 0.0977. The Balaban J connectivity index is 1.39. The van der Waals surface area contributed by atoms with Crippen LogP contribution >= 0.6 is 12.2 Å². The van der Waals surface area contributed by atoms with Crippen molar-refractivity contribution >= 4 is 40.0 Å². The van der Waals surface area contributed by atoms with Gasteiger partial charge in [-0.25, -0.2) is 4.98 Å². The van der Waals surface area contributed by atoms with Crippen LogP contribution in [0.1, 0.15) is 30.6 Å². The highest BCUT2D eigenvalue weighted by Crippen LogP contribution is 2.26. The van der Waals surface area contributed by atoms with Crippen LogP contribution in [-0.4, -0.2) is 22.1 Å². The number of nitrogens with one attached hydrogen (secondary N) is 2. The Hall–Kier alpha value is -3.71. The Kier molecular flexibility index (Phi) is 6.47. The number of ether oxygens (including phenoxy) is 1. The maximum atomic E-state index is 12.5. The second-order valence-electron chi connectivity index (χ2n) is 7.34. The van der Waals surface area contributed by atoms with E-state index in [1.54, 1.807) is 24.3 Å². The molecule has 2 N–H and O–H groups in total. The smallest absolute Gasteiger partial charge is 0.257 e. The van der Waals surface area contributed by atoms with Gasteiger partial charge in [0.1, 0.15) is 11.3 Å². The van der Waals surface area contributed by atoms with Crippen molar-refractivity contribution in [3.63, 3.8) is 0 Å². The standard InChI is InChI=1S/C25H23N3O3S/c1-3-16(2)30-20-13-11-17(12-14-20)23(29)28-25(32)26-19-8-6-7-18(15-19)24-27-21-9-4-5-10-22(21)31-24/h4-16H,3H2,1-2H3,(H2,26,28,29,32)/t16-/m0/s1. The predicted molar refractivity (Wildman–Crippen MR) is 130 cm³/mol. The molecule has 0 aliphatic rings. The molecule has 6 nitrogen and oxygen atoms in total. The number of nitrogens with zero attached hydrogens (tertiary/aromatic N) is 1. The number of aromatic nitrogens is 1. The van der Waals surface area contributed by atoms with E-state index in [4.69, 9.17) is 21.4 Å². The Labute approximate surface area is 191 Å². The van der Waals surface area contributed by atoms with Crippen LogP contribution in [0.4, 0.5) is 5.69 Å². The fourth-order valence-corrected chi connectivity index (χ4v) is 3.27. The highest BCUT2D eigenvalue weighted by Gasteiger charge is 2.11. The van der Waals surface area contributed by atoms with Crippen LogP contribution in [0.25, 0.3) is 22.6 Å². The van der Waals surface area contributed by atoms with E-state index in [1.807, 2.05) is 55.5 Å². The van der Waals surface area contributed by atoms with E-state index < -0.39 is 0 Å². The number of amides is 1. The molecule has 7 heteroatoms. The molecule has 1 atom stereocenters. The molecule has 0 saturated heterocycles. The van der Waals surface area contributed by atoms with Gasteiger partial charge in [-0.3, -0.25) is 10.1 Å². The minimum Gasteiger partial charge on any atom is -0.491 e. The molecule has 4 rings (SSSR count). The van der Waals surface area contributed by atoms with E-state index in [2.05, 4.69) is 22.5 Å².